The number of benzene rings is 2. The summed E-state index contributed by atoms with van der Waals surface area (Å²) in [5, 5.41) is 0. The number of aromatic nitrogens is 2. The molecule has 0 spiro atoms. The highest BCUT2D eigenvalue weighted by molar-refractivity contribution is 6.56. The van der Waals surface area contributed by atoms with E-state index in [2.05, 4.69) is 0 Å². The quantitative estimate of drug-likeness (QED) is 0.372. The molecule has 2 radical (unpaired) electrons. The van der Waals surface area contributed by atoms with Crippen molar-refractivity contribution in [3.63, 3.8) is 0 Å². The zero-order chi connectivity index (χ0) is 18.4. The Morgan fingerprint density at radius 2 is 1.69 bits per heavy atom. The minimum atomic E-state index is -0.346. The summed E-state index contributed by atoms with van der Waals surface area (Å²) in [5.74, 6) is -0.556. The van der Waals surface area contributed by atoms with Crippen molar-refractivity contribution in [1.82, 2.24) is 4.57 Å². The summed E-state index contributed by atoms with van der Waals surface area (Å²) in [6, 6.07) is 19.8. The third-order valence-corrected chi connectivity index (χ3v) is 4.41. The fourth-order valence-electron chi connectivity index (χ4n) is 2.93. The van der Waals surface area contributed by atoms with Crippen LogP contribution in [0.4, 0.5) is 0 Å². The molecular formula is C21H23BN2O2. The minimum absolute atomic E-state index is 0.209. The second-order valence-electron chi connectivity index (χ2n) is 6.43. The number of hydrogen-bond donors (Lipinski definition) is 0. The lowest BCUT2D eigenvalue weighted by Gasteiger charge is -2.25. The summed E-state index contributed by atoms with van der Waals surface area (Å²) in [6.45, 7) is 0.290. The third-order valence-electron chi connectivity index (χ3n) is 4.41. The monoisotopic (exact) mass is 346 g/mol. The molecule has 0 aliphatic carbocycles. The summed E-state index contributed by atoms with van der Waals surface area (Å²) < 4.78 is 9.61. The van der Waals surface area contributed by atoms with E-state index in [1.54, 1.807) is 0 Å². The van der Waals surface area contributed by atoms with E-state index in [1.165, 1.54) is 0 Å². The van der Waals surface area contributed by atoms with Gasteiger partial charge < -0.3 is 4.74 Å². The number of imidazole rings is 1. The standard InChI is InChI=1S/C21H23BN2O2/c1-23-13-14-24(2)21(23)22-19(15-17-9-5-3-6-10-17)20(25)26-16-18-11-7-4-8-12-18/h3-14,19H,15-16H2,1-2H3. The van der Waals surface area contributed by atoms with E-state index in [9.17, 15) is 4.79 Å². The van der Waals surface area contributed by atoms with E-state index < -0.39 is 0 Å². The van der Waals surface area contributed by atoms with E-state index in [-0.39, 0.29) is 18.4 Å². The van der Waals surface area contributed by atoms with Crippen LogP contribution in [0.25, 0.3) is 0 Å². The highest BCUT2D eigenvalue weighted by Crippen LogP contribution is 2.16. The van der Waals surface area contributed by atoms with Crippen LogP contribution in [0.2, 0.25) is 5.82 Å². The first kappa shape index (κ1) is 18.0. The van der Waals surface area contributed by atoms with Gasteiger partial charge in [-0.1, -0.05) is 72.6 Å². The third kappa shape index (κ3) is 4.63. The van der Waals surface area contributed by atoms with E-state index in [1.807, 2.05) is 104 Å². The van der Waals surface area contributed by atoms with Crippen LogP contribution in [0.3, 0.4) is 0 Å². The van der Waals surface area contributed by atoms with Gasteiger partial charge in [0.15, 0.2) is 0 Å². The predicted molar refractivity (Wildman–Crippen MR) is 102 cm³/mol. The summed E-state index contributed by atoms with van der Waals surface area (Å²) >= 11 is 0. The van der Waals surface area contributed by atoms with Crippen LogP contribution in [0.15, 0.2) is 73.1 Å². The number of rotatable bonds is 7. The Hall–Kier alpha value is -2.82. The predicted octanol–water partition coefficient (Wildman–Crippen LogP) is 1.95. The molecule has 0 aliphatic rings. The molecule has 132 valence electrons. The second-order valence-corrected chi connectivity index (χ2v) is 6.43. The summed E-state index contributed by atoms with van der Waals surface area (Å²) in [4.78, 5) is 12.8. The molecule has 1 unspecified atom stereocenters. The minimum Gasteiger partial charge on any atom is -0.463 e. The molecule has 5 heteroatoms. The Labute approximate surface area is 155 Å². The summed E-state index contributed by atoms with van der Waals surface area (Å²) in [6.07, 6.45) is 4.56. The number of ether oxygens (including phenoxy) is 1. The Morgan fingerprint density at radius 1 is 1.08 bits per heavy atom. The van der Waals surface area contributed by atoms with Gasteiger partial charge in [0, 0.05) is 5.72 Å². The van der Waals surface area contributed by atoms with Crippen LogP contribution in [0.5, 0.6) is 0 Å². The molecule has 1 atom stereocenters. The lowest BCUT2D eigenvalue weighted by atomic mass is 9.61. The first-order chi connectivity index (χ1) is 12.6. The normalized spacial score (nSPS) is 11.9. The van der Waals surface area contributed by atoms with Crippen LogP contribution in [-0.2, 0) is 36.7 Å². The van der Waals surface area contributed by atoms with Crippen molar-refractivity contribution in [3.8, 4) is 0 Å². The Morgan fingerprint density at radius 3 is 2.27 bits per heavy atom. The molecule has 0 saturated heterocycles. The maximum absolute atomic E-state index is 12.8. The number of nitrogens with zero attached hydrogens (tertiary/aromatic N) is 2. The van der Waals surface area contributed by atoms with E-state index >= 15 is 0 Å². The van der Waals surface area contributed by atoms with Crippen molar-refractivity contribution in [2.75, 3.05) is 0 Å². The molecule has 1 aromatic heterocycles. The number of carbonyl (C=O) groups excluding carboxylic acids is 1. The molecule has 3 aromatic rings. The number of carbonyl (C=O) groups is 1. The zero-order valence-corrected chi connectivity index (χ0v) is 15.2. The van der Waals surface area contributed by atoms with Gasteiger partial charge >= 0.3 is 0 Å². The molecule has 0 saturated carbocycles. The van der Waals surface area contributed by atoms with E-state index in [0.717, 1.165) is 16.9 Å². The number of aryl methyl sites for hydroxylation is 2. The molecule has 26 heavy (non-hydrogen) atoms. The van der Waals surface area contributed by atoms with Gasteiger partial charge in [-0.25, -0.2) is 0 Å². The van der Waals surface area contributed by atoms with Crippen molar-refractivity contribution in [2.45, 2.75) is 18.8 Å². The Kier molecular flexibility index (Phi) is 5.90. The molecule has 2 aromatic carbocycles. The SMILES string of the molecule is Cn1cc[n+](C)c1[B-]C(Cc1ccccc1)C(=O)OCc1ccccc1. The van der Waals surface area contributed by atoms with E-state index in [4.69, 9.17) is 4.74 Å². The maximum Gasteiger partial charge on any atom is 0.268 e. The second kappa shape index (κ2) is 8.52. The fraction of sp³-hybridized carbons (Fsp3) is 0.238. The summed E-state index contributed by atoms with van der Waals surface area (Å²) in [7, 11) is 5.93. The van der Waals surface area contributed by atoms with Gasteiger partial charge in [0.05, 0.1) is 14.1 Å². The van der Waals surface area contributed by atoms with Crippen LogP contribution < -0.4 is 10.3 Å². The van der Waals surface area contributed by atoms with Gasteiger partial charge in [-0.2, -0.15) is 7.28 Å². The highest BCUT2D eigenvalue weighted by Gasteiger charge is 2.15. The van der Waals surface area contributed by atoms with Crippen molar-refractivity contribution in [3.05, 3.63) is 84.2 Å². The van der Waals surface area contributed by atoms with Crippen molar-refractivity contribution >= 4 is 19.0 Å². The Bertz CT molecular complexity index is 827. The largest absolute Gasteiger partial charge is 0.463 e. The van der Waals surface area contributed by atoms with Crippen LogP contribution >= 0.6 is 0 Å². The van der Waals surface area contributed by atoms with Gasteiger partial charge in [-0.3, -0.25) is 13.9 Å². The van der Waals surface area contributed by atoms with Gasteiger partial charge in [0.1, 0.15) is 19.0 Å². The molecule has 3 rings (SSSR count). The van der Waals surface area contributed by atoms with Crippen LogP contribution in [0, 0.1) is 0 Å². The van der Waals surface area contributed by atoms with Crippen LogP contribution in [0.1, 0.15) is 11.1 Å². The number of esters is 1. The van der Waals surface area contributed by atoms with Crippen molar-refractivity contribution in [2.24, 2.45) is 14.1 Å². The highest BCUT2D eigenvalue weighted by atomic mass is 16.5. The average molecular weight is 346 g/mol. The molecule has 0 aliphatic heterocycles. The number of hydrogen-bond acceptors (Lipinski definition) is 2. The molecule has 0 bridgehead atoms. The van der Waals surface area contributed by atoms with Gasteiger partial charge in [0.2, 0.25) is 0 Å². The molecule has 4 nitrogen and oxygen atoms in total. The van der Waals surface area contributed by atoms with Crippen molar-refractivity contribution < 1.29 is 14.1 Å². The molecule has 0 amide bonds. The zero-order valence-electron chi connectivity index (χ0n) is 15.2. The van der Waals surface area contributed by atoms with Gasteiger partial charge in [0.25, 0.3) is 5.97 Å². The maximum atomic E-state index is 12.8. The fourth-order valence-corrected chi connectivity index (χ4v) is 2.93. The molecular weight excluding hydrogens is 323 g/mol. The molecule has 0 fully saturated rings. The smallest absolute Gasteiger partial charge is 0.268 e. The van der Waals surface area contributed by atoms with E-state index in [0.29, 0.717) is 6.42 Å². The van der Waals surface area contributed by atoms with Crippen molar-refractivity contribution in [1.29, 1.82) is 0 Å². The lowest BCUT2D eigenvalue weighted by Crippen LogP contribution is -2.51. The topological polar surface area (TPSA) is 35.1 Å². The molecule has 1 heterocycles. The average Bonchev–Trinajstić information content (AvgIpc) is 2.99. The first-order valence-electron chi connectivity index (χ1n) is 8.74. The summed E-state index contributed by atoms with van der Waals surface area (Å²) in [5.41, 5.74) is 3.08. The Balaban J connectivity index is 1.74. The van der Waals surface area contributed by atoms with Gasteiger partial charge in [-0.05, 0) is 5.56 Å². The molecule has 0 N–H and O–H groups in total. The van der Waals surface area contributed by atoms with Crippen LogP contribution in [-0.4, -0.2) is 17.8 Å². The first-order valence-corrected chi connectivity index (χ1v) is 8.74. The lowest BCUT2D eigenvalue weighted by molar-refractivity contribution is -0.653. The van der Waals surface area contributed by atoms with Gasteiger partial charge in [-0.15, -0.1) is 5.82 Å².